The van der Waals surface area contributed by atoms with Crippen LogP contribution in [0.4, 0.5) is 10.1 Å². The molecule has 0 fully saturated rings. The van der Waals surface area contributed by atoms with E-state index in [0.717, 1.165) is 6.42 Å². The van der Waals surface area contributed by atoms with Gasteiger partial charge in [-0.25, -0.2) is 9.37 Å². The number of amides is 1. The van der Waals surface area contributed by atoms with Crippen LogP contribution in [0.5, 0.6) is 0 Å². The van der Waals surface area contributed by atoms with Gasteiger partial charge in [0.1, 0.15) is 10.6 Å². The maximum Gasteiger partial charge on any atom is 0.266 e. The number of nitrogens with zero attached hydrogens (tertiary/aromatic N) is 2. The highest BCUT2D eigenvalue weighted by Crippen LogP contribution is 2.27. The first-order valence-electron chi connectivity index (χ1n) is 7.98. The van der Waals surface area contributed by atoms with Gasteiger partial charge in [-0.1, -0.05) is 13.0 Å². The molecule has 5 nitrogen and oxygen atoms in total. The van der Waals surface area contributed by atoms with Crippen molar-refractivity contribution in [1.29, 1.82) is 0 Å². The third-order valence-corrected chi connectivity index (χ3v) is 5.22. The second kappa shape index (κ2) is 6.76. The van der Waals surface area contributed by atoms with Gasteiger partial charge in [-0.05, 0) is 43.5 Å². The van der Waals surface area contributed by atoms with Gasteiger partial charge in [0.2, 0.25) is 0 Å². The van der Waals surface area contributed by atoms with E-state index in [4.69, 9.17) is 0 Å². The molecule has 0 aliphatic heterocycles. The van der Waals surface area contributed by atoms with E-state index in [9.17, 15) is 14.0 Å². The summed E-state index contributed by atoms with van der Waals surface area (Å²) in [7, 11) is 0. The number of benzene rings is 1. The SMILES string of the molecule is CCCn1cnc2sc(C(=O)Nc3ccc(C)c(F)c3)c(C)c2c1=O. The van der Waals surface area contributed by atoms with Gasteiger partial charge >= 0.3 is 0 Å². The molecule has 0 unspecified atom stereocenters. The van der Waals surface area contributed by atoms with Crippen LogP contribution in [0.1, 0.15) is 34.1 Å². The lowest BCUT2D eigenvalue weighted by atomic mass is 10.2. The molecule has 0 aliphatic carbocycles. The summed E-state index contributed by atoms with van der Waals surface area (Å²) in [6, 6.07) is 4.53. The molecule has 0 spiro atoms. The lowest BCUT2D eigenvalue weighted by molar-refractivity contribution is 0.103. The Bertz CT molecular complexity index is 1020. The summed E-state index contributed by atoms with van der Waals surface area (Å²) in [5.74, 6) is -0.750. The van der Waals surface area contributed by atoms with Crippen molar-refractivity contribution in [2.45, 2.75) is 33.7 Å². The predicted octanol–water partition coefficient (Wildman–Crippen LogP) is 3.88. The quantitative estimate of drug-likeness (QED) is 0.769. The van der Waals surface area contributed by atoms with Gasteiger partial charge in [-0.2, -0.15) is 0 Å². The van der Waals surface area contributed by atoms with E-state index >= 15 is 0 Å². The van der Waals surface area contributed by atoms with Gasteiger partial charge in [0.15, 0.2) is 0 Å². The Morgan fingerprint density at radius 1 is 1.36 bits per heavy atom. The number of nitrogens with one attached hydrogen (secondary N) is 1. The van der Waals surface area contributed by atoms with Gasteiger partial charge in [-0.15, -0.1) is 11.3 Å². The minimum absolute atomic E-state index is 0.138. The van der Waals surface area contributed by atoms with Gasteiger partial charge in [0.25, 0.3) is 11.5 Å². The number of hydrogen-bond acceptors (Lipinski definition) is 4. The van der Waals surface area contributed by atoms with E-state index < -0.39 is 0 Å². The van der Waals surface area contributed by atoms with Crippen LogP contribution in [0.25, 0.3) is 10.2 Å². The summed E-state index contributed by atoms with van der Waals surface area (Å²) in [4.78, 5) is 30.4. The van der Waals surface area contributed by atoms with Crippen molar-refractivity contribution in [3.05, 3.63) is 56.7 Å². The topological polar surface area (TPSA) is 64.0 Å². The maximum absolute atomic E-state index is 13.6. The second-order valence-corrected chi connectivity index (χ2v) is 6.90. The fourth-order valence-corrected chi connectivity index (χ4v) is 3.67. The average Bonchev–Trinajstić information content (AvgIpc) is 2.91. The van der Waals surface area contributed by atoms with E-state index in [1.54, 1.807) is 30.5 Å². The van der Waals surface area contributed by atoms with Crippen LogP contribution in [-0.2, 0) is 6.54 Å². The Morgan fingerprint density at radius 2 is 2.12 bits per heavy atom. The number of hydrogen-bond donors (Lipinski definition) is 1. The highest BCUT2D eigenvalue weighted by molar-refractivity contribution is 7.20. The van der Waals surface area contributed by atoms with Crippen molar-refractivity contribution in [3.63, 3.8) is 0 Å². The second-order valence-electron chi connectivity index (χ2n) is 5.90. The molecular formula is C18H18FN3O2S. The number of rotatable bonds is 4. The molecular weight excluding hydrogens is 341 g/mol. The van der Waals surface area contributed by atoms with Crippen LogP contribution in [0.3, 0.4) is 0 Å². The zero-order chi connectivity index (χ0) is 18.1. The first-order chi connectivity index (χ1) is 11.9. The van der Waals surface area contributed by atoms with Crippen LogP contribution in [-0.4, -0.2) is 15.5 Å². The Labute approximate surface area is 148 Å². The van der Waals surface area contributed by atoms with Crippen molar-refractivity contribution in [1.82, 2.24) is 9.55 Å². The maximum atomic E-state index is 13.6. The molecule has 0 saturated heterocycles. The standard InChI is InChI=1S/C18H18FN3O2S/c1-4-7-22-9-20-17-14(18(22)24)11(3)15(25-17)16(23)21-12-6-5-10(2)13(19)8-12/h5-6,8-9H,4,7H2,1-3H3,(H,21,23). The Morgan fingerprint density at radius 3 is 2.80 bits per heavy atom. The average molecular weight is 359 g/mol. The van der Waals surface area contributed by atoms with Crippen molar-refractivity contribution < 1.29 is 9.18 Å². The number of carbonyl (C=O) groups is 1. The molecule has 1 aromatic carbocycles. The predicted molar refractivity (Wildman–Crippen MR) is 98.0 cm³/mol. The molecule has 2 heterocycles. The molecule has 2 aromatic heterocycles. The molecule has 25 heavy (non-hydrogen) atoms. The first-order valence-corrected chi connectivity index (χ1v) is 8.80. The van der Waals surface area contributed by atoms with Crippen molar-refractivity contribution in [2.24, 2.45) is 0 Å². The highest BCUT2D eigenvalue weighted by atomic mass is 32.1. The summed E-state index contributed by atoms with van der Waals surface area (Å²) in [5.41, 5.74) is 1.35. The van der Waals surface area contributed by atoms with Crippen molar-refractivity contribution in [2.75, 3.05) is 5.32 Å². The summed E-state index contributed by atoms with van der Waals surface area (Å²) < 4.78 is 15.2. The molecule has 0 bridgehead atoms. The van der Waals surface area contributed by atoms with Crippen LogP contribution in [0.2, 0.25) is 0 Å². The number of thiophene rings is 1. The molecule has 1 amide bonds. The first kappa shape index (κ1) is 17.3. The normalized spacial score (nSPS) is 11.0. The molecule has 0 saturated carbocycles. The van der Waals surface area contributed by atoms with Gasteiger partial charge in [-0.3, -0.25) is 14.2 Å². The molecule has 3 rings (SSSR count). The van der Waals surface area contributed by atoms with E-state index in [0.29, 0.717) is 38.5 Å². The monoisotopic (exact) mass is 359 g/mol. The van der Waals surface area contributed by atoms with Crippen LogP contribution in [0, 0.1) is 19.7 Å². The van der Waals surface area contributed by atoms with Gasteiger partial charge in [0, 0.05) is 12.2 Å². The summed E-state index contributed by atoms with van der Waals surface area (Å²) >= 11 is 1.17. The van der Waals surface area contributed by atoms with E-state index in [1.165, 1.54) is 23.7 Å². The molecule has 0 radical (unpaired) electrons. The molecule has 0 aliphatic rings. The fourth-order valence-electron chi connectivity index (χ4n) is 2.63. The Kier molecular flexibility index (Phi) is 4.67. The molecule has 130 valence electrons. The van der Waals surface area contributed by atoms with Crippen molar-refractivity contribution >= 4 is 33.1 Å². The number of fused-ring (bicyclic) bond motifs is 1. The third-order valence-electron chi connectivity index (χ3n) is 4.02. The van der Waals surface area contributed by atoms with Crippen LogP contribution < -0.4 is 10.9 Å². The minimum atomic E-state index is -0.380. The minimum Gasteiger partial charge on any atom is -0.321 e. The van der Waals surface area contributed by atoms with E-state index in [2.05, 4.69) is 10.3 Å². The largest absolute Gasteiger partial charge is 0.321 e. The van der Waals surface area contributed by atoms with Gasteiger partial charge < -0.3 is 5.32 Å². The smallest absolute Gasteiger partial charge is 0.266 e. The molecule has 7 heteroatoms. The molecule has 3 aromatic rings. The lowest BCUT2D eigenvalue weighted by Gasteiger charge is -2.06. The molecule has 1 N–H and O–H groups in total. The van der Waals surface area contributed by atoms with Crippen LogP contribution in [0.15, 0.2) is 29.3 Å². The van der Waals surface area contributed by atoms with E-state index in [-0.39, 0.29) is 17.3 Å². The number of halogens is 1. The highest BCUT2D eigenvalue weighted by Gasteiger charge is 2.19. The van der Waals surface area contributed by atoms with Crippen molar-refractivity contribution in [3.8, 4) is 0 Å². The number of carbonyl (C=O) groups excluding carboxylic acids is 1. The zero-order valence-electron chi connectivity index (χ0n) is 14.2. The molecule has 0 atom stereocenters. The summed E-state index contributed by atoms with van der Waals surface area (Å²) in [6.45, 7) is 5.96. The Hall–Kier alpha value is -2.54. The summed E-state index contributed by atoms with van der Waals surface area (Å²) in [6.07, 6.45) is 2.34. The summed E-state index contributed by atoms with van der Waals surface area (Å²) in [5, 5.41) is 3.16. The Balaban J connectivity index is 1.99. The van der Waals surface area contributed by atoms with Crippen LogP contribution >= 0.6 is 11.3 Å². The zero-order valence-corrected chi connectivity index (χ0v) is 15.0. The number of anilines is 1. The van der Waals surface area contributed by atoms with Gasteiger partial charge in [0.05, 0.1) is 16.6 Å². The number of aromatic nitrogens is 2. The van der Waals surface area contributed by atoms with E-state index in [1.807, 2.05) is 6.92 Å². The lowest BCUT2D eigenvalue weighted by Crippen LogP contribution is -2.20. The number of aryl methyl sites for hydroxylation is 3. The third kappa shape index (κ3) is 3.19. The fraction of sp³-hybridized carbons (Fsp3) is 0.278.